The molecule has 0 N–H and O–H groups in total. The Morgan fingerprint density at radius 3 is 2.40 bits per heavy atom. The third-order valence-electron chi connectivity index (χ3n) is 3.09. The van der Waals surface area contributed by atoms with E-state index in [9.17, 15) is 8.78 Å². The molecule has 0 amide bonds. The van der Waals surface area contributed by atoms with E-state index in [1.165, 1.54) is 18.2 Å². The fourth-order valence-electron chi connectivity index (χ4n) is 2.27. The maximum Gasteiger partial charge on any atom is 0.130 e. The molecule has 0 fully saturated rings. The lowest BCUT2D eigenvalue weighted by Crippen LogP contribution is -2.24. The zero-order valence-corrected chi connectivity index (χ0v) is 8.76. The van der Waals surface area contributed by atoms with Crippen LogP contribution in [-0.2, 0) is 5.41 Å². The molecule has 0 radical (unpaired) electrons. The molecule has 0 bridgehead atoms. The van der Waals surface area contributed by atoms with Crippen molar-refractivity contribution < 1.29 is 8.78 Å². The van der Waals surface area contributed by atoms with Crippen LogP contribution in [0, 0.1) is 11.6 Å². The Hall–Kier alpha value is -1.18. The Bertz CT molecular complexity index is 375. The lowest BCUT2D eigenvalue weighted by molar-refractivity contribution is 0.436. The Balaban J connectivity index is 2.52. The molecule has 0 aliphatic heterocycles. The van der Waals surface area contributed by atoms with E-state index in [0.717, 1.165) is 19.3 Å². The number of hydrogen-bond donors (Lipinski definition) is 0. The fourth-order valence-corrected chi connectivity index (χ4v) is 2.27. The smallest absolute Gasteiger partial charge is 0.130 e. The fraction of sp³-hybridized carbons (Fsp3) is 0.385. The van der Waals surface area contributed by atoms with Crippen molar-refractivity contribution in [3.8, 4) is 0 Å². The number of rotatable bonds is 1. The molecule has 0 spiro atoms. The van der Waals surface area contributed by atoms with Crippen LogP contribution in [-0.4, -0.2) is 0 Å². The van der Waals surface area contributed by atoms with Gasteiger partial charge in [-0.2, -0.15) is 0 Å². The van der Waals surface area contributed by atoms with Crippen LogP contribution < -0.4 is 0 Å². The van der Waals surface area contributed by atoms with Crippen LogP contribution in [0.1, 0.15) is 31.7 Å². The summed E-state index contributed by atoms with van der Waals surface area (Å²) in [5, 5.41) is 0. The zero-order valence-electron chi connectivity index (χ0n) is 8.76. The zero-order chi connectivity index (χ0) is 10.9. The quantitative estimate of drug-likeness (QED) is 0.613. The van der Waals surface area contributed by atoms with Gasteiger partial charge in [-0.05, 0) is 31.4 Å². The molecule has 0 saturated carbocycles. The molecule has 1 aliphatic carbocycles. The first-order valence-corrected chi connectivity index (χ1v) is 5.26. The molecular weight excluding hydrogens is 194 g/mol. The van der Waals surface area contributed by atoms with Crippen molar-refractivity contribution in [2.75, 3.05) is 0 Å². The topological polar surface area (TPSA) is 0 Å². The van der Waals surface area contributed by atoms with Crippen LogP contribution >= 0.6 is 0 Å². The summed E-state index contributed by atoms with van der Waals surface area (Å²) in [5.41, 5.74) is -0.269. The second kappa shape index (κ2) is 3.76. The maximum atomic E-state index is 13.6. The summed E-state index contributed by atoms with van der Waals surface area (Å²) in [6.07, 6.45) is 6.74. The normalized spacial score (nSPS) is 25.5. The van der Waals surface area contributed by atoms with Gasteiger partial charge in [0.15, 0.2) is 0 Å². The van der Waals surface area contributed by atoms with Crippen LogP contribution in [0.25, 0.3) is 0 Å². The molecule has 0 heterocycles. The average Bonchev–Trinajstić information content (AvgIpc) is 2.18. The molecule has 1 atom stereocenters. The second-order valence-electron chi connectivity index (χ2n) is 4.31. The van der Waals surface area contributed by atoms with E-state index in [2.05, 4.69) is 0 Å². The minimum atomic E-state index is -0.478. The standard InChI is InChI=1S/C13H14F2/c1-13(8-3-2-4-9-13)12-10(14)6-5-7-11(12)15/h3,5-8H,2,4,9H2,1H3/t13-/m0/s1. The van der Waals surface area contributed by atoms with Gasteiger partial charge in [-0.15, -0.1) is 0 Å². The van der Waals surface area contributed by atoms with Crippen molar-refractivity contribution in [1.82, 2.24) is 0 Å². The molecule has 15 heavy (non-hydrogen) atoms. The average molecular weight is 208 g/mol. The third-order valence-corrected chi connectivity index (χ3v) is 3.09. The molecule has 2 rings (SSSR count). The van der Waals surface area contributed by atoms with Gasteiger partial charge in [0.2, 0.25) is 0 Å². The van der Waals surface area contributed by atoms with E-state index in [-0.39, 0.29) is 5.56 Å². The Labute approximate surface area is 88.6 Å². The molecule has 0 saturated heterocycles. The highest BCUT2D eigenvalue weighted by molar-refractivity contribution is 5.33. The van der Waals surface area contributed by atoms with Gasteiger partial charge in [-0.1, -0.05) is 25.1 Å². The Morgan fingerprint density at radius 2 is 1.87 bits per heavy atom. The molecule has 1 aromatic rings. The SMILES string of the molecule is C[C@]1(c2c(F)cccc2F)C=CCCC1. The highest BCUT2D eigenvalue weighted by Crippen LogP contribution is 2.37. The van der Waals surface area contributed by atoms with Crippen molar-refractivity contribution >= 4 is 0 Å². The second-order valence-corrected chi connectivity index (χ2v) is 4.31. The van der Waals surface area contributed by atoms with Crippen LogP contribution in [0.15, 0.2) is 30.4 Å². The monoisotopic (exact) mass is 208 g/mol. The lowest BCUT2D eigenvalue weighted by atomic mass is 9.75. The van der Waals surface area contributed by atoms with Gasteiger partial charge in [0, 0.05) is 11.0 Å². The summed E-state index contributed by atoms with van der Waals surface area (Å²) in [5.74, 6) is -0.881. The van der Waals surface area contributed by atoms with Crippen molar-refractivity contribution in [3.05, 3.63) is 47.5 Å². The first kappa shape index (κ1) is 10.3. The van der Waals surface area contributed by atoms with Gasteiger partial charge in [-0.25, -0.2) is 8.78 Å². The summed E-state index contributed by atoms with van der Waals surface area (Å²) < 4.78 is 27.2. The van der Waals surface area contributed by atoms with Crippen LogP contribution in [0.2, 0.25) is 0 Å². The first-order valence-electron chi connectivity index (χ1n) is 5.26. The van der Waals surface area contributed by atoms with Crippen molar-refractivity contribution in [1.29, 1.82) is 0 Å². The van der Waals surface area contributed by atoms with Crippen molar-refractivity contribution in [2.24, 2.45) is 0 Å². The molecule has 0 nitrogen and oxygen atoms in total. The van der Waals surface area contributed by atoms with Crippen molar-refractivity contribution in [2.45, 2.75) is 31.6 Å². The maximum absolute atomic E-state index is 13.6. The number of hydrogen-bond acceptors (Lipinski definition) is 0. The summed E-state index contributed by atoms with van der Waals surface area (Å²) in [6.45, 7) is 1.89. The Morgan fingerprint density at radius 1 is 1.20 bits per heavy atom. The van der Waals surface area contributed by atoms with Crippen LogP contribution in [0.4, 0.5) is 8.78 Å². The largest absolute Gasteiger partial charge is 0.207 e. The van der Waals surface area contributed by atoms with E-state index in [1.807, 2.05) is 19.1 Å². The number of allylic oxidation sites excluding steroid dienone is 2. The predicted molar refractivity (Wildman–Crippen MR) is 56.7 cm³/mol. The predicted octanol–water partition coefficient (Wildman–Crippen LogP) is 3.96. The van der Waals surface area contributed by atoms with Crippen molar-refractivity contribution in [3.63, 3.8) is 0 Å². The molecule has 1 aromatic carbocycles. The molecule has 1 aliphatic rings. The van der Waals surface area contributed by atoms with Crippen LogP contribution in [0.5, 0.6) is 0 Å². The number of benzene rings is 1. The Kier molecular flexibility index (Phi) is 2.59. The first-order chi connectivity index (χ1) is 7.13. The third kappa shape index (κ3) is 1.81. The highest BCUT2D eigenvalue weighted by atomic mass is 19.1. The minimum Gasteiger partial charge on any atom is -0.207 e. The molecule has 0 unspecified atom stereocenters. The van der Waals surface area contributed by atoms with E-state index in [1.54, 1.807) is 0 Å². The van der Waals surface area contributed by atoms with Gasteiger partial charge in [-0.3, -0.25) is 0 Å². The highest BCUT2D eigenvalue weighted by Gasteiger charge is 2.30. The lowest BCUT2D eigenvalue weighted by Gasteiger charge is -2.30. The van der Waals surface area contributed by atoms with E-state index in [4.69, 9.17) is 0 Å². The van der Waals surface area contributed by atoms with E-state index < -0.39 is 17.0 Å². The number of halogens is 2. The molecular formula is C13H14F2. The molecule has 80 valence electrons. The van der Waals surface area contributed by atoms with Gasteiger partial charge in [0.25, 0.3) is 0 Å². The molecule has 0 aromatic heterocycles. The van der Waals surface area contributed by atoms with E-state index in [0.29, 0.717) is 0 Å². The summed E-state index contributed by atoms with van der Waals surface area (Å²) >= 11 is 0. The summed E-state index contributed by atoms with van der Waals surface area (Å²) in [4.78, 5) is 0. The van der Waals surface area contributed by atoms with Crippen LogP contribution in [0.3, 0.4) is 0 Å². The van der Waals surface area contributed by atoms with Gasteiger partial charge < -0.3 is 0 Å². The van der Waals surface area contributed by atoms with Gasteiger partial charge in [0.1, 0.15) is 11.6 Å². The minimum absolute atomic E-state index is 0.209. The van der Waals surface area contributed by atoms with Gasteiger partial charge in [0.05, 0.1) is 0 Å². The van der Waals surface area contributed by atoms with Gasteiger partial charge >= 0.3 is 0 Å². The van der Waals surface area contributed by atoms with E-state index >= 15 is 0 Å². The summed E-state index contributed by atoms with van der Waals surface area (Å²) in [7, 11) is 0. The molecule has 2 heteroatoms. The summed E-state index contributed by atoms with van der Waals surface area (Å²) in [6, 6.07) is 4.06.